The molecule has 1 N–H and O–H groups in total. The predicted octanol–water partition coefficient (Wildman–Crippen LogP) is 5.56. The summed E-state index contributed by atoms with van der Waals surface area (Å²) in [5.41, 5.74) is 2.75. The summed E-state index contributed by atoms with van der Waals surface area (Å²) in [6, 6.07) is 15.5. The first-order chi connectivity index (χ1) is 11.9. The lowest BCUT2D eigenvalue weighted by Crippen LogP contribution is -2.14. The van der Waals surface area contributed by atoms with Gasteiger partial charge >= 0.3 is 0 Å². The van der Waals surface area contributed by atoms with E-state index in [4.69, 9.17) is 4.74 Å². The second kappa shape index (κ2) is 7.30. The Bertz CT molecular complexity index is 705. The molecule has 3 rings (SSSR count). The fourth-order valence-electron chi connectivity index (χ4n) is 3.14. The van der Waals surface area contributed by atoms with Crippen LogP contribution in [-0.2, 0) is 5.41 Å². The molecule has 1 fully saturated rings. The fraction of sp³-hybridized carbons (Fsp3) is 0.409. The first kappa shape index (κ1) is 17.5. The van der Waals surface area contributed by atoms with Crippen LogP contribution < -0.4 is 10.1 Å². The van der Waals surface area contributed by atoms with Gasteiger partial charge in [-0.05, 0) is 73.1 Å². The van der Waals surface area contributed by atoms with Crippen LogP contribution in [0.1, 0.15) is 62.4 Å². The third-order valence-corrected chi connectivity index (χ3v) is 4.73. The van der Waals surface area contributed by atoms with Gasteiger partial charge in [-0.25, -0.2) is 0 Å². The molecule has 0 aromatic heterocycles. The minimum Gasteiger partial charge on any atom is -0.490 e. The Morgan fingerprint density at radius 3 is 2.12 bits per heavy atom. The van der Waals surface area contributed by atoms with Crippen LogP contribution in [0.5, 0.6) is 5.75 Å². The number of rotatable bonds is 4. The number of ether oxygens (including phenoxy) is 1. The number of benzene rings is 2. The second-order valence-corrected chi connectivity index (χ2v) is 7.83. The molecule has 0 spiro atoms. The Hall–Kier alpha value is -2.29. The van der Waals surface area contributed by atoms with Crippen LogP contribution in [0.4, 0.5) is 5.69 Å². The quantitative estimate of drug-likeness (QED) is 0.793. The Morgan fingerprint density at radius 1 is 0.960 bits per heavy atom. The average molecular weight is 337 g/mol. The maximum absolute atomic E-state index is 12.4. The number of hydrogen-bond donors (Lipinski definition) is 1. The largest absolute Gasteiger partial charge is 0.490 e. The van der Waals surface area contributed by atoms with Crippen molar-refractivity contribution in [1.82, 2.24) is 0 Å². The highest BCUT2D eigenvalue weighted by atomic mass is 16.5. The number of nitrogens with one attached hydrogen (secondary N) is 1. The van der Waals surface area contributed by atoms with E-state index < -0.39 is 0 Å². The molecule has 0 bridgehead atoms. The molecular weight excluding hydrogens is 310 g/mol. The molecule has 0 radical (unpaired) electrons. The van der Waals surface area contributed by atoms with Crippen molar-refractivity contribution >= 4 is 11.6 Å². The molecule has 25 heavy (non-hydrogen) atoms. The van der Waals surface area contributed by atoms with Gasteiger partial charge in [-0.1, -0.05) is 32.9 Å². The van der Waals surface area contributed by atoms with E-state index in [1.807, 2.05) is 48.5 Å². The minimum absolute atomic E-state index is 0.0875. The predicted molar refractivity (Wildman–Crippen MR) is 102 cm³/mol. The summed E-state index contributed by atoms with van der Waals surface area (Å²) in [7, 11) is 0. The molecule has 1 amide bonds. The Kier molecular flexibility index (Phi) is 5.12. The second-order valence-electron chi connectivity index (χ2n) is 7.83. The van der Waals surface area contributed by atoms with Crippen molar-refractivity contribution in [3.05, 3.63) is 59.7 Å². The molecule has 0 heterocycles. The third kappa shape index (κ3) is 4.62. The van der Waals surface area contributed by atoms with E-state index in [2.05, 4.69) is 26.1 Å². The van der Waals surface area contributed by atoms with E-state index in [9.17, 15) is 4.79 Å². The van der Waals surface area contributed by atoms with Gasteiger partial charge in [-0.3, -0.25) is 4.79 Å². The van der Waals surface area contributed by atoms with Crippen molar-refractivity contribution in [3.63, 3.8) is 0 Å². The van der Waals surface area contributed by atoms with Gasteiger partial charge in [-0.2, -0.15) is 0 Å². The summed E-state index contributed by atoms with van der Waals surface area (Å²) >= 11 is 0. The Balaban J connectivity index is 1.60. The molecule has 3 heteroatoms. The Morgan fingerprint density at radius 2 is 1.56 bits per heavy atom. The molecule has 2 aromatic rings. The zero-order valence-electron chi connectivity index (χ0n) is 15.3. The van der Waals surface area contributed by atoms with E-state index in [0.717, 1.165) is 24.3 Å². The zero-order valence-corrected chi connectivity index (χ0v) is 15.3. The van der Waals surface area contributed by atoms with Crippen molar-refractivity contribution in [3.8, 4) is 5.75 Å². The first-order valence-corrected chi connectivity index (χ1v) is 9.10. The normalized spacial score (nSPS) is 15.2. The summed E-state index contributed by atoms with van der Waals surface area (Å²) < 4.78 is 5.95. The van der Waals surface area contributed by atoms with Crippen LogP contribution in [0.15, 0.2) is 48.5 Å². The summed E-state index contributed by atoms with van der Waals surface area (Å²) in [5, 5.41) is 2.94. The van der Waals surface area contributed by atoms with Crippen LogP contribution >= 0.6 is 0 Å². The molecule has 1 saturated carbocycles. The van der Waals surface area contributed by atoms with Gasteiger partial charge in [0.1, 0.15) is 5.75 Å². The Labute approximate surface area is 150 Å². The molecule has 1 aliphatic carbocycles. The number of anilines is 1. The van der Waals surface area contributed by atoms with Crippen molar-refractivity contribution < 1.29 is 9.53 Å². The van der Waals surface area contributed by atoms with Crippen molar-refractivity contribution in [2.45, 2.75) is 58.0 Å². The van der Waals surface area contributed by atoms with Gasteiger partial charge < -0.3 is 10.1 Å². The summed E-state index contributed by atoms with van der Waals surface area (Å²) in [6.45, 7) is 6.49. The SMILES string of the molecule is CC(C)(C)c1ccc(C(=O)Nc2ccc(OC3CCCC3)cc2)cc1. The minimum atomic E-state index is -0.0927. The molecule has 0 saturated heterocycles. The highest BCUT2D eigenvalue weighted by molar-refractivity contribution is 6.04. The molecule has 0 atom stereocenters. The van der Waals surface area contributed by atoms with Crippen LogP contribution in [0, 0.1) is 0 Å². The molecular formula is C22H27NO2. The zero-order chi connectivity index (χ0) is 17.9. The van der Waals surface area contributed by atoms with Gasteiger partial charge in [0.2, 0.25) is 0 Å². The van der Waals surface area contributed by atoms with Gasteiger partial charge in [0.15, 0.2) is 0 Å². The summed E-state index contributed by atoms with van der Waals surface area (Å²) in [6.07, 6.45) is 5.15. The first-order valence-electron chi connectivity index (χ1n) is 9.10. The van der Waals surface area contributed by atoms with Crippen LogP contribution in [0.3, 0.4) is 0 Å². The smallest absolute Gasteiger partial charge is 0.255 e. The molecule has 1 aliphatic rings. The third-order valence-electron chi connectivity index (χ3n) is 4.73. The maximum Gasteiger partial charge on any atom is 0.255 e. The van der Waals surface area contributed by atoms with E-state index in [0.29, 0.717) is 11.7 Å². The van der Waals surface area contributed by atoms with E-state index >= 15 is 0 Å². The molecule has 0 aliphatic heterocycles. The molecule has 3 nitrogen and oxygen atoms in total. The molecule has 0 unspecified atom stereocenters. The fourth-order valence-corrected chi connectivity index (χ4v) is 3.14. The summed E-state index contributed by atoms with van der Waals surface area (Å²) in [5.74, 6) is 0.782. The highest BCUT2D eigenvalue weighted by Crippen LogP contribution is 2.25. The van der Waals surface area contributed by atoms with E-state index in [-0.39, 0.29) is 11.3 Å². The monoisotopic (exact) mass is 337 g/mol. The van der Waals surface area contributed by atoms with Gasteiger partial charge in [0, 0.05) is 11.3 Å². The van der Waals surface area contributed by atoms with Crippen molar-refractivity contribution in [2.75, 3.05) is 5.32 Å². The highest BCUT2D eigenvalue weighted by Gasteiger charge is 2.17. The van der Waals surface area contributed by atoms with Crippen LogP contribution in [0.25, 0.3) is 0 Å². The van der Waals surface area contributed by atoms with Gasteiger partial charge in [0.25, 0.3) is 5.91 Å². The molecule has 132 valence electrons. The lowest BCUT2D eigenvalue weighted by atomic mass is 9.87. The topological polar surface area (TPSA) is 38.3 Å². The van der Waals surface area contributed by atoms with Crippen molar-refractivity contribution in [1.29, 1.82) is 0 Å². The average Bonchev–Trinajstić information content (AvgIpc) is 3.09. The number of amides is 1. The standard InChI is InChI=1S/C22H27NO2/c1-22(2,3)17-10-8-16(9-11-17)21(24)23-18-12-14-20(15-13-18)25-19-6-4-5-7-19/h8-15,19H,4-7H2,1-3H3,(H,23,24). The van der Waals surface area contributed by atoms with E-state index in [1.165, 1.54) is 18.4 Å². The number of carbonyl (C=O) groups excluding carboxylic acids is 1. The number of hydrogen-bond acceptors (Lipinski definition) is 2. The molecule has 2 aromatic carbocycles. The lowest BCUT2D eigenvalue weighted by molar-refractivity contribution is 0.102. The van der Waals surface area contributed by atoms with E-state index in [1.54, 1.807) is 0 Å². The lowest BCUT2D eigenvalue weighted by Gasteiger charge is -2.19. The number of carbonyl (C=O) groups is 1. The van der Waals surface area contributed by atoms with Gasteiger partial charge in [-0.15, -0.1) is 0 Å². The van der Waals surface area contributed by atoms with Crippen molar-refractivity contribution in [2.24, 2.45) is 0 Å². The van der Waals surface area contributed by atoms with Gasteiger partial charge in [0.05, 0.1) is 6.10 Å². The van der Waals surface area contributed by atoms with Crippen LogP contribution in [0.2, 0.25) is 0 Å². The summed E-state index contributed by atoms with van der Waals surface area (Å²) in [4.78, 5) is 12.4. The maximum atomic E-state index is 12.4. The van der Waals surface area contributed by atoms with Crippen LogP contribution in [-0.4, -0.2) is 12.0 Å².